The monoisotopic (exact) mass is 369 g/mol. The summed E-state index contributed by atoms with van der Waals surface area (Å²) in [5.41, 5.74) is 5.38. The lowest BCUT2D eigenvalue weighted by atomic mass is 9.85. The molecule has 0 spiro atoms. The molecule has 0 aliphatic rings. The van der Waals surface area contributed by atoms with E-state index in [2.05, 4.69) is 55.2 Å². The van der Waals surface area contributed by atoms with Crippen LogP contribution < -0.4 is 0 Å². The van der Waals surface area contributed by atoms with Crippen LogP contribution in [0, 0.1) is 6.92 Å². The summed E-state index contributed by atoms with van der Waals surface area (Å²) in [4.78, 5) is 1.55. The van der Waals surface area contributed by atoms with Crippen molar-refractivity contribution < 1.29 is 5.11 Å². The highest BCUT2D eigenvalue weighted by atomic mass is 32.2. The number of nitrogens with zero attached hydrogens (tertiary/aromatic N) is 3. The first-order valence-corrected chi connectivity index (χ1v) is 10.7. The Balaban J connectivity index is 2.06. The van der Waals surface area contributed by atoms with Crippen LogP contribution in [0.1, 0.15) is 37.5 Å². The normalized spacial score (nSPS) is 13.3. The maximum absolute atomic E-state index is 10.8. The van der Waals surface area contributed by atoms with Crippen molar-refractivity contribution in [2.24, 2.45) is 0 Å². The molecular formula is C21H27N3OS. The number of hydrogen-bond acceptors (Lipinski definition) is 3. The third-order valence-electron chi connectivity index (χ3n) is 4.44. The zero-order valence-corrected chi connectivity index (χ0v) is 17.0. The zero-order chi connectivity index (χ0) is 19.1. The molecule has 0 saturated heterocycles. The van der Waals surface area contributed by atoms with E-state index in [-0.39, 0.29) is 21.6 Å². The SMILES string of the molecule is C=S(C)CCc1ccc2nn(-c3cc(C)cc(C(C)(C)C)c3O)nc2c1. The fourth-order valence-corrected chi connectivity index (χ4v) is 3.58. The van der Waals surface area contributed by atoms with Crippen molar-refractivity contribution in [3.63, 3.8) is 0 Å². The van der Waals surface area contributed by atoms with E-state index >= 15 is 0 Å². The molecule has 3 rings (SSSR count). The number of phenols is 1. The van der Waals surface area contributed by atoms with Crippen molar-refractivity contribution in [3.8, 4) is 11.4 Å². The largest absolute Gasteiger partial charge is 0.505 e. The summed E-state index contributed by atoms with van der Waals surface area (Å²) in [6.45, 7) is 8.30. The van der Waals surface area contributed by atoms with Crippen LogP contribution in [-0.2, 0) is 11.8 Å². The number of phenolic OH excluding ortho intramolecular Hbond substituents is 1. The average Bonchev–Trinajstić information content (AvgIpc) is 2.96. The molecule has 0 fully saturated rings. The first kappa shape index (κ1) is 18.6. The Kier molecular flexibility index (Phi) is 4.93. The minimum atomic E-state index is -0.156. The Bertz CT molecular complexity index is 983. The van der Waals surface area contributed by atoms with Crippen LogP contribution in [0.2, 0.25) is 0 Å². The summed E-state index contributed by atoms with van der Waals surface area (Å²) in [6, 6.07) is 10.1. The van der Waals surface area contributed by atoms with Crippen molar-refractivity contribution in [2.45, 2.75) is 39.5 Å². The van der Waals surface area contributed by atoms with Gasteiger partial charge in [-0.15, -0.1) is 15.0 Å². The average molecular weight is 370 g/mol. The standard InChI is InChI=1S/C21H27N3OS/c1-14-11-16(21(2,3)4)20(25)19(12-14)24-22-17-8-7-15(9-10-26(5)6)13-18(17)23-24/h7-8,11-13,25H,5,9-10H2,1-4,6H3. The predicted octanol–water partition coefficient (Wildman–Crippen LogP) is 4.61. The Morgan fingerprint density at radius 2 is 1.81 bits per heavy atom. The Labute approximate surface area is 157 Å². The van der Waals surface area contributed by atoms with Crippen molar-refractivity contribution in [1.29, 1.82) is 0 Å². The molecule has 5 heteroatoms. The predicted molar refractivity (Wildman–Crippen MR) is 113 cm³/mol. The van der Waals surface area contributed by atoms with Gasteiger partial charge in [-0.05, 0) is 60.1 Å². The molecular weight excluding hydrogens is 342 g/mol. The van der Waals surface area contributed by atoms with Gasteiger partial charge in [0.15, 0.2) is 0 Å². The van der Waals surface area contributed by atoms with E-state index in [9.17, 15) is 5.11 Å². The lowest BCUT2D eigenvalue weighted by Gasteiger charge is -2.22. The number of aromatic nitrogens is 3. The molecule has 4 nitrogen and oxygen atoms in total. The molecule has 138 valence electrons. The van der Waals surface area contributed by atoms with Crippen LogP contribution >= 0.6 is 10.5 Å². The molecule has 3 aromatic rings. The second kappa shape index (κ2) is 6.88. The van der Waals surface area contributed by atoms with Gasteiger partial charge >= 0.3 is 0 Å². The number of rotatable bonds is 4. The molecule has 0 radical (unpaired) electrons. The van der Waals surface area contributed by atoms with Crippen LogP contribution in [0.4, 0.5) is 0 Å². The second-order valence-electron chi connectivity index (χ2n) is 7.98. The fourth-order valence-electron chi connectivity index (χ4n) is 3.00. The minimum absolute atomic E-state index is 0.156. The Morgan fingerprint density at radius 1 is 1.12 bits per heavy atom. The smallest absolute Gasteiger partial charge is 0.146 e. The fraction of sp³-hybridized carbons (Fsp3) is 0.381. The maximum Gasteiger partial charge on any atom is 0.146 e. The van der Waals surface area contributed by atoms with Crippen molar-refractivity contribution >= 4 is 27.4 Å². The highest BCUT2D eigenvalue weighted by molar-refractivity contribution is 8.13. The van der Waals surface area contributed by atoms with Crippen molar-refractivity contribution in [3.05, 3.63) is 47.0 Å². The van der Waals surface area contributed by atoms with Crippen LogP contribution in [0.25, 0.3) is 16.7 Å². The van der Waals surface area contributed by atoms with E-state index in [0.29, 0.717) is 5.69 Å². The molecule has 1 N–H and O–H groups in total. The first-order valence-electron chi connectivity index (χ1n) is 8.78. The third kappa shape index (κ3) is 3.83. The van der Waals surface area contributed by atoms with Gasteiger partial charge < -0.3 is 5.11 Å². The van der Waals surface area contributed by atoms with E-state index < -0.39 is 0 Å². The van der Waals surface area contributed by atoms with Crippen LogP contribution in [0.3, 0.4) is 0 Å². The minimum Gasteiger partial charge on any atom is -0.505 e. The van der Waals surface area contributed by atoms with Crippen molar-refractivity contribution in [2.75, 3.05) is 12.0 Å². The molecule has 1 unspecified atom stereocenters. The molecule has 1 heterocycles. The number of aromatic hydroxyl groups is 1. The molecule has 0 aliphatic carbocycles. The number of benzene rings is 2. The quantitative estimate of drug-likeness (QED) is 0.684. The summed E-state index contributed by atoms with van der Waals surface area (Å²) >= 11 is 0. The summed E-state index contributed by atoms with van der Waals surface area (Å²) in [6.07, 6.45) is 3.15. The molecule has 0 amide bonds. The first-order chi connectivity index (χ1) is 12.1. The molecule has 1 atom stereocenters. The lowest BCUT2D eigenvalue weighted by molar-refractivity contribution is 0.440. The summed E-state index contributed by atoms with van der Waals surface area (Å²) < 4.78 is 0. The van der Waals surface area contributed by atoms with Crippen LogP contribution in [0.5, 0.6) is 5.75 Å². The van der Waals surface area contributed by atoms with Crippen LogP contribution in [-0.4, -0.2) is 38.0 Å². The van der Waals surface area contributed by atoms with Gasteiger partial charge in [-0.25, -0.2) is 0 Å². The number of hydrogen-bond donors (Lipinski definition) is 1. The topological polar surface area (TPSA) is 50.9 Å². The van der Waals surface area contributed by atoms with Crippen LogP contribution in [0.15, 0.2) is 30.3 Å². The van der Waals surface area contributed by atoms with Gasteiger partial charge in [0, 0.05) is 5.56 Å². The lowest BCUT2D eigenvalue weighted by Crippen LogP contribution is -2.13. The molecule has 0 bridgehead atoms. The van der Waals surface area contributed by atoms with Crippen molar-refractivity contribution in [1.82, 2.24) is 15.0 Å². The second-order valence-corrected chi connectivity index (χ2v) is 9.95. The van der Waals surface area contributed by atoms with Gasteiger partial charge in [-0.1, -0.05) is 38.8 Å². The summed E-state index contributed by atoms with van der Waals surface area (Å²) in [5, 5.41) is 20.0. The summed E-state index contributed by atoms with van der Waals surface area (Å²) in [7, 11) is 0.184. The molecule has 0 saturated carbocycles. The third-order valence-corrected chi connectivity index (χ3v) is 5.34. The van der Waals surface area contributed by atoms with Gasteiger partial charge in [0.25, 0.3) is 0 Å². The highest BCUT2D eigenvalue weighted by Crippen LogP contribution is 2.36. The molecule has 1 aromatic heterocycles. The van der Waals surface area contributed by atoms with Gasteiger partial charge in [0.05, 0.1) is 0 Å². The van der Waals surface area contributed by atoms with E-state index in [1.165, 1.54) is 5.56 Å². The number of aryl methyl sites for hydroxylation is 2. The highest BCUT2D eigenvalue weighted by Gasteiger charge is 2.22. The van der Waals surface area contributed by atoms with E-state index in [4.69, 9.17) is 0 Å². The number of fused-ring (bicyclic) bond motifs is 1. The van der Waals surface area contributed by atoms with Gasteiger partial charge in [0.1, 0.15) is 22.5 Å². The zero-order valence-electron chi connectivity index (χ0n) is 16.2. The summed E-state index contributed by atoms with van der Waals surface area (Å²) in [5.74, 6) is 5.40. The van der Waals surface area contributed by atoms with E-state index in [1.54, 1.807) is 4.80 Å². The van der Waals surface area contributed by atoms with E-state index in [1.807, 2.05) is 25.1 Å². The molecule has 26 heavy (non-hydrogen) atoms. The maximum atomic E-state index is 10.8. The Morgan fingerprint density at radius 3 is 2.46 bits per heavy atom. The molecule has 0 aliphatic heterocycles. The molecule has 2 aromatic carbocycles. The van der Waals surface area contributed by atoms with Gasteiger partial charge in [0.2, 0.25) is 0 Å². The van der Waals surface area contributed by atoms with Gasteiger partial charge in [-0.3, -0.25) is 0 Å². The van der Waals surface area contributed by atoms with E-state index in [0.717, 1.165) is 34.3 Å². The van der Waals surface area contributed by atoms with Gasteiger partial charge in [-0.2, -0.15) is 10.5 Å². The Hall–Kier alpha value is -2.14.